The Kier molecular flexibility index (Phi) is 4.30. The number of nitrogens with one attached hydrogen (secondary N) is 1. The van der Waals surface area contributed by atoms with Crippen molar-refractivity contribution in [3.8, 4) is 22.1 Å². The predicted octanol–water partition coefficient (Wildman–Crippen LogP) is 3.92. The van der Waals surface area contributed by atoms with Crippen LogP contribution < -0.4 is 14.8 Å². The molecule has 0 unspecified atom stereocenters. The Labute approximate surface area is 153 Å². The third kappa shape index (κ3) is 3.25. The summed E-state index contributed by atoms with van der Waals surface area (Å²) in [5, 5.41) is 3.59. The van der Waals surface area contributed by atoms with Gasteiger partial charge in [0.1, 0.15) is 15.7 Å². The summed E-state index contributed by atoms with van der Waals surface area (Å²) in [6.45, 7) is 2.38. The number of benzene rings is 2. The van der Waals surface area contributed by atoms with Gasteiger partial charge in [0.05, 0.1) is 5.69 Å². The van der Waals surface area contributed by atoms with Gasteiger partial charge in [-0.15, -0.1) is 11.3 Å². The number of hydrogen-bond donors (Lipinski definition) is 1. The molecule has 1 N–H and O–H groups in total. The van der Waals surface area contributed by atoms with Crippen LogP contribution in [0.2, 0.25) is 0 Å². The average Bonchev–Trinajstić information content (AvgIpc) is 3.26. The predicted molar refractivity (Wildman–Crippen MR) is 96.0 cm³/mol. The average molecular weight is 370 g/mol. The van der Waals surface area contributed by atoms with Crippen molar-refractivity contribution in [3.05, 3.63) is 64.4 Å². The maximum Gasteiger partial charge on any atom is 0.263 e. The molecule has 26 heavy (non-hydrogen) atoms. The Morgan fingerprint density at radius 2 is 1.96 bits per heavy atom. The zero-order valence-corrected chi connectivity index (χ0v) is 14.7. The highest BCUT2D eigenvalue weighted by Crippen LogP contribution is 2.32. The Hall–Kier alpha value is -2.93. The van der Waals surface area contributed by atoms with Gasteiger partial charge in [-0.3, -0.25) is 4.79 Å². The number of carbonyl (C=O) groups excluding carboxylic acids is 1. The second-order valence-electron chi connectivity index (χ2n) is 5.81. The van der Waals surface area contributed by atoms with Crippen molar-refractivity contribution in [2.45, 2.75) is 13.5 Å². The first-order valence-electron chi connectivity index (χ1n) is 8.00. The minimum absolute atomic E-state index is 0.189. The number of fused-ring (bicyclic) bond motifs is 1. The largest absolute Gasteiger partial charge is 0.454 e. The number of aromatic nitrogens is 1. The topological polar surface area (TPSA) is 60.5 Å². The van der Waals surface area contributed by atoms with Crippen molar-refractivity contribution in [1.29, 1.82) is 0 Å². The third-order valence-electron chi connectivity index (χ3n) is 3.98. The Bertz CT molecular complexity index is 969. The second-order valence-corrected chi connectivity index (χ2v) is 6.81. The monoisotopic (exact) mass is 370 g/mol. The summed E-state index contributed by atoms with van der Waals surface area (Å²) in [7, 11) is 0. The number of ether oxygens (including phenoxy) is 2. The summed E-state index contributed by atoms with van der Waals surface area (Å²) < 4.78 is 23.7. The van der Waals surface area contributed by atoms with Crippen molar-refractivity contribution in [1.82, 2.24) is 10.3 Å². The standard InChI is InChI=1S/C19H15FN2O3S/c1-11-17(26-19(22-11)13-3-5-14(20)6-4-13)18(23)21-9-12-2-7-15-16(8-12)25-10-24-15/h2-8H,9-10H2,1H3,(H,21,23). The van der Waals surface area contributed by atoms with E-state index < -0.39 is 0 Å². The molecule has 3 aromatic rings. The van der Waals surface area contributed by atoms with Gasteiger partial charge >= 0.3 is 0 Å². The summed E-state index contributed by atoms with van der Waals surface area (Å²) in [5.74, 6) is 0.904. The molecule has 0 saturated heterocycles. The minimum Gasteiger partial charge on any atom is -0.454 e. The lowest BCUT2D eigenvalue weighted by Gasteiger charge is -2.05. The van der Waals surface area contributed by atoms with Crippen molar-refractivity contribution >= 4 is 17.2 Å². The molecule has 1 amide bonds. The van der Waals surface area contributed by atoms with Gasteiger partial charge in [-0.25, -0.2) is 9.37 Å². The van der Waals surface area contributed by atoms with Gasteiger partial charge in [0, 0.05) is 12.1 Å². The van der Waals surface area contributed by atoms with Gasteiger partial charge in [0.25, 0.3) is 5.91 Å². The molecule has 2 heterocycles. The van der Waals surface area contributed by atoms with E-state index in [-0.39, 0.29) is 18.5 Å². The number of hydrogen-bond acceptors (Lipinski definition) is 5. The first kappa shape index (κ1) is 16.5. The molecule has 4 rings (SSSR count). The Balaban J connectivity index is 1.47. The molecular weight excluding hydrogens is 355 g/mol. The van der Waals surface area contributed by atoms with Crippen LogP contribution in [0.15, 0.2) is 42.5 Å². The Morgan fingerprint density at radius 3 is 2.77 bits per heavy atom. The summed E-state index contributed by atoms with van der Waals surface area (Å²) in [6, 6.07) is 11.6. The van der Waals surface area contributed by atoms with E-state index in [9.17, 15) is 9.18 Å². The van der Waals surface area contributed by atoms with E-state index in [2.05, 4.69) is 10.3 Å². The quantitative estimate of drug-likeness (QED) is 0.756. The molecule has 2 aromatic carbocycles. The van der Waals surface area contributed by atoms with Gasteiger partial charge in [-0.2, -0.15) is 0 Å². The summed E-state index contributed by atoms with van der Waals surface area (Å²) in [4.78, 5) is 17.5. The zero-order valence-electron chi connectivity index (χ0n) is 13.9. The van der Waals surface area contributed by atoms with Crippen molar-refractivity contribution < 1.29 is 18.7 Å². The van der Waals surface area contributed by atoms with E-state index >= 15 is 0 Å². The van der Waals surface area contributed by atoms with Gasteiger partial charge in [0.2, 0.25) is 6.79 Å². The Morgan fingerprint density at radius 1 is 1.19 bits per heavy atom. The van der Waals surface area contributed by atoms with E-state index in [1.165, 1.54) is 23.5 Å². The van der Waals surface area contributed by atoms with Crippen LogP contribution >= 0.6 is 11.3 Å². The maximum atomic E-state index is 13.1. The highest BCUT2D eigenvalue weighted by molar-refractivity contribution is 7.17. The fraction of sp³-hybridized carbons (Fsp3) is 0.158. The lowest BCUT2D eigenvalue weighted by atomic mass is 10.2. The van der Waals surface area contributed by atoms with Crippen LogP contribution in [0.25, 0.3) is 10.6 Å². The van der Waals surface area contributed by atoms with Gasteiger partial charge in [-0.05, 0) is 48.9 Å². The smallest absolute Gasteiger partial charge is 0.263 e. The highest BCUT2D eigenvalue weighted by atomic mass is 32.1. The van der Waals surface area contributed by atoms with Crippen LogP contribution in [0.1, 0.15) is 20.9 Å². The molecule has 0 atom stereocenters. The molecule has 1 aliphatic heterocycles. The van der Waals surface area contributed by atoms with E-state index in [4.69, 9.17) is 9.47 Å². The van der Waals surface area contributed by atoms with Crippen LogP contribution in [0.3, 0.4) is 0 Å². The lowest BCUT2D eigenvalue weighted by Crippen LogP contribution is -2.22. The van der Waals surface area contributed by atoms with Crippen molar-refractivity contribution in [3.63, 3.8) is 0 Å². The molecule has 0 saturated carbocycles. The molecule has 7 heteroatoms. The minimum atomic E-state index is -0.302. The van der Waals surface area contributed by atoms with Crippen molar-refractivity contribution in [2.75, 3.05) is 6.79 Å². The molecule has 0 bridgehead atoms. The fourth-order valence-electron chi connectivity index (χ4n) is 2.64. The number of halogens is 1. The van der Waals surface area contributed by atoms with Crippen LogP contribution in [0.5, 0.6) is 11.5 Å². The third-order valence-corrected chi connectivity index (χ3v) is 5.19. The normalized spacial score (nSPS) is 12.2. The van der Waals surface area contributed by atoms with Gasteiger partial charge in [0.15, 0.2) is 11.5 Å². The van der Waals surface area contributed by atoms with E-state index in [0.717, 1.165) is 11.1 Å². The molecule has 0 spiro atoms. The highest BCUT2D eigenvalue weighted by Gasteiger charge is 2.17. The fourth-order valence-corrected chi connectivity index (χ4v) is 3.62. The van der Waals surface area contributed by atoms with Gasteiger partial charge < -0.3 is 14.8 Å². The molecule has 0 fully saturated rings. The van der Waals surface area contributed by atoms with E-state index in [0.29, 0.717) is 33.6 Å². The molecule has 5 nitrogen and oxygen atoms in total. The number of rotatable bonds is 4. The summed E-state index contributed by atoms with van der Waals surface area (Å²) in [5.41, 5.74) is 2.36. The molecule has 0 radical (unpaired) electrons. The van der Waals surface area contributed by atoms with Crippen LogP contribution in [0, 0.1) is 12.7 Å². The molecule has 132 valence electrons. The molecule has 0 aliphatic carbocycles. The number of amides is 1. The zero-order chi connectivity index (χ0) is 18.1. The number of carbonyl (C=O) groups is 1. The molecular formula is C19H15FN2O3S. The van der Waals surface area contributed by atoms with Crippen LogP contribution in [0.4, 0.5) is 4.39 Å². The summed E-state index contributed by atoms with van der Waals surface area (Å²) >= 11 is 1.29. The summed E-state index contributed by atoms with van der Waals surface area (Å²) in [6.07, 6.45) is 0. The van der Waals surface area contributed by atoms with Crippen molar-refractivity contribution in [2.24, 2.45) is 0 Å². The number of thiazole rings is 1. The van der Waals surface area contributed by atoms with Gasteiger partial charge in [-0.1, -0.05) is 6.07 Å². The number of aryl methyl sites for hydroxylation is 1. The lowest BCUT2D eigenvalue weighted by molar-refractivity contribution is 0.0954. The molecule has 1 aromatic heterocycles. The molecule has 1 aliphatic rings. The number of nitrogens with zero attached hydrogens (tertiary/aromatic N) is 1. The second kappa shape index (κ2) is 6.76. The van der Waals surface area contributed by atoms with E-state index in [1.54, 1.807) is 19.1 Å². The van der Waals surface area contributed by atoms with E-state index in [1.807, 2.05) is 18.2 Å². The first-order valence-corrected chi connectivity index (χ1v) is 8.82. The van der Waals surface area contributed by atoms with Crippen LogP contribution in [-0.4, -0.2) is 17.7 Å². The SMILES string of the molecule is Cc1nc(-c2ccc(F)cc2)sc1C(=O)NCc1ccc2c(c1)OCO2. The van der Waals surface area contributed by atoms with Crippen LogP contribution in [-0.2, 0) is 6.54 Å². The first-order chi connectivity index (χ1) is 12.6. The maximum absolute atomic E-state index is 13.1.